The molecule has 1 saturated heterocycles. The first kappa shape index (κ1) is 18.3. The van der Waals surface area contributed by atoms with Crippen molar-refractivity contribution in [2.75, 3.05) is 13.1 Å². The van der Waals surface area contributed by atoms with Gasteiger partial charge in [-0.1, -0.05) is 54.1 Å². The highest BCUT2D eigenvalue weighted by atomic mass is 35.5. The Morgan fingerprint density at radius 3 is 2.52 bits per heavy atom. The van der Waals surface area contributed by atoms with E-state index in [4.69, 9.17) is 16.7 Å². The van der Waals surface area contributed by atoms with Gasteiger partial charge in [-0.25, -0.2) is 9.07 Å². The molecule has 0 spiro atoms. The summed E-state index contributed by atoms with van der Waals surface area (Å²) >= 11 is 6.22. The SMILES string of the molecule is Fc1c(C2CCNCC2)nn(-c2cccc(Cl)c2)c1-c1ccc2ccccc2c1. The Bertz CT molecular complexity index is 1180. The molecule has 146 valence electrons. The lowest BCUT2D eigenvalue weighted by Gasteiger charge is -2.20. The van der Waals surface area contributed by atoms with Gasteiger partial charge in [0.25, 0.3) is 0 Å². The fourth-order valence-electron chi connectivity index (χ4n) is 4.15. The Kier molecular flexibility index (Phi) is 4.82. The summed E-state index contributed by atoms with van der Waals surface area (Å²) in [5.41, 5.74) is 2.62. The molecule has 5 heteroatoms. The number of rotatable bonds is 3. The molecule has 2 heterocycles. The van der Waals surface area contributed by atoms with Crippen LogP contribution in [0.15, 0.2) is 66.7 Å². The van der Waals surface area contributed by atoms with Crippen LogP contribution in [0.5, 0.6) is 0 Å². The van der Waals surface area contributed by atoms with E-state index in [0.717, 1.165) is 48.0 Å². The summed E-state index contributed by atoms with van der Waals surface area (Å²) in [6.07, 6.45) is 1.78. The molecule has 1 fully saturated rings. The van der Waals surface area contributed by atoms with E-state index in [1.54, 1.807) is 4.68 Å². The number of aromatic nitrogens is 2. The quantitative estimate of drug-likeness (QED) is 0.456. The number of hydrogen-bond acceptors (Lipinski definition) is 2. The number of piperidine rings is 1. The summed E-state index contributed by atoms with van der Waals surface area (Å²) in [5.74, 6) is -0.108. The minimum atomic E-state index is -0.229. The van der Waals surface area contributed by atoms with Crippen LogP contribution in [-0.2, 0) is 0 Å². The second-order valence-corrected chi connectivity index (χ2v) is 7.96. The van der Waals surface area contributed by atoms with Crippen molar-refractivity contribution < 1.29 is 4.39 Å². The summed E-state index contributed by atoms with van der Waals surface area (Å²) in [6, 6.07) is 21.6. The number of fused-ring (bicyclic) bond motifs is 1. The van der Waals surface area contributed by atoms with Gasteiger partial charge in [0.05, 0.1) is 5.69 Å². The van der Waals surface area contributed by atoms with E-state index in [2.05, 4.69) is 11.4 Å². The monoisotopic (exact) mass is 405 g/mol. The van der Waals surface area contributed by atoms with Crippen LogP contribution in [0.4, 0.5) is 4.39 Å². The highest BCUT2D eigenvalue weighted by molar-refractivity contribution is 6.30. The maximum atomic E-state index is 15.8. The largest absolute Gasteiger partial charge is 0.317 e. The van der Waals surface area contributed by atoms with Crippen LogP contribution in [0.1, 0.15) is 24.5 Å². The first-order valence-corrected chi connectivity index (χ1v) is 10.3. The van der Waals surface area contributed by atoms with Gasteiger partial charge < -0.3 is 5.32 Å². The Morgan fingerprint density at radius 2 is 1.72 bits per heavy atom. The molecule has 29 heavy (non-hydrogen) atoms. The molecular weight excluding hydrogens is 385 g/mol. The van der Waals surface area contributed by atoms with E-state index >= 15 is 4.39 Å². The number of nitrogens with one attached hydrogen (secondary N) is 1. The molecule has 0 atom stereocenters. The van der Waals surface area contributed by atoms with Gasteiger partial charge in [0.15, 0.2) is 5.82 Å². The summed E-state index contributed by atoms with van der Waals surface area (Å²) in [5, 5.41) is 10.9. The zero-order chi connectivity index (χ0) is 19.8. The zero-order valence-corrected chi connectivity index (χ0v) is 16.7. The van der Waals surface area contributed by atoms with Crippen molar-refractivity contribution in [3.8, 4) is 16.9 Å². The van der Waals surface area contributed by atoms with Crippen molar-refractivity contribution in [2.45, 2.75) is 18.8 Å². The average Bonchev–Trinajstić information content (AvgIpc) is 3.11. The molecule has 3 nitrogen and oxygen atoms in total. The summed E-state index contributed by atoms with van der Waals surface area (Å²) < 4.78 is 17.5. The first-order chi connectivity index (χ1) is 14.2. The lowest BCUT2D eigenvalue weighted by Crippen LogP contribution is -2.27. The smallest absolute Gasteiger partial charge is 0.173 e. The molecule has 0 aliphatic carbocycles. The lowest BCUT2D eigenvalue weighted by molar-refractivity contribution is 0.437. The third kappa shape index (κ3) is 3.43. The van der Waals surface area contributed by atoms with Crippen LogP contribution in [-0.4, -0.2) is 22.9 Å². The fraction of sp³-hybridized carbons (Fsp3) is 0.208. The fourth-order valence-corrected chi connectivity index (χ4v) is 4.34. The first-order valence-electron chi connectivity index (χ1n) is 9.95. The van der Waals surface area contributed by atoms with Crippen molar-refractivity contribution in [3.63, 3.8) is 0 Å². The molecule has 5 rings (SSSR count). The topological polar surface area (TPSA) is 29.9 Å². The minimum Gasteiger partial charge on any atom is -0.317 e. The van der Waals surface area contributed by atoms with Crippen molar-refractivity contribution in [1.29, 1.82) is 0 Å². The van der Waals surface area contributed by atoms with Crippen molar-refractivity contribution in [3.05, 3.63) is 83.3 Å². The maximum absolute atomic E-state index is 15.8. The summed E-state index contributed by atoms with van der Waals surface area (Å²) in [6.45, 7) is 1.78. The Hall–Kier alpha value is -2.69. The highest BCUT2D eigenvalue weighted by Gasteiger charge is 2.27. The lowest BCUT2D eigenvalue weighted by atomic mass is 9.93. The minimum absolute atomic E-state index is 0.121. The van der Waals surface area contributed by atoms with Gasteiger partial charge in [-0.05, 0) is 61.0 Å². The molecule has 3 aromatic carbocycles. The van der Waals surface area contributed by atoms with Crippen LogP contribution in [0.3, 0.4) is 0 Å². The molecule has 1 N–H and O–H groups in total. The van der Waals surface area contributed by atoms with Gasteiger partial charge in [0, 0.05) is 16.5 Å². The Morgan fingerprint density at radius 1 is 0.931 bits per heavy atom. The van der Waals surface area contributed by atoms with Gasteiger partial charge in [-0.3, -0.25) is 0 Å². The number of nitrogens with zero attached hydrogens (tertiary/aromatic N) is 2. The van der Waals surface area contributed by atoms with Crippen LogP contribution >= 0.6 is 11.6 Å². The third-order valence-corrected chi connectivity index (χ3v) is 5.89. The number of halogens is 2. The van der Waals surface area contributed by atoms with Crippen LogP contribution in [0, 0.1) is 5.82 Å². The molecule has 1 aliphatic rings. The zero-order valence-electron chi connectivity index (χ0n) is 15.9. The van der Waals surface area contributed by atoms with Crippen LogP contribution in [0.2, 0.25) is 5.02 Å². The van der Waals surface area contributed by atoms with E-state index < -0.39 is 0 Å². The number of hydrogen-bond donors (Lipinski definition) is 1. The van der Waals surface area contributed by atoms with Gasteiger partial charge in [0.1, 0.15) is 11.4 Å². The van der Waals surface area contributed by atoms with Crippen molar-refractivity contribution in [2.24, 2.45) is 0 Å². The maximum Gasteiger partial charge on any atom is 0.173 e. The second-order valence-electron chi connectivity index (χ2n) is 7.53. The molecule has 0 unspecified atom stereocenters. The predicted molar refractivity (Wildman–Crippen MR) is 116 cm³/mol. The van der Waals surface area contributed by atoms with Crippen LogP contribution < -0.4 is 5.32 Å². The predicted octanol–water partition coefficient (Wildman–Crippen LogP) is 5.95. The third-order valence-electron chi connectivity index (χ3n) is 5.65. The van der Waals surface area contributed by atoms with Gasteiger partial charge in [-0.15, -0.1) is 0 Å². The summed E-state index contributed by atoms with van der Waals surface area (Å²) in [4.78, 5) is 0. The average molecular weight is 406 g/mol. The Balaban J connectivity index is 1.72. The van der Waals surface area contributed by atoms with Gasteiger partial charge in [-0.2, -0.15) is 5.10 Å². The summed E-state index contributed by atoms with van der Waals surface area (Å²) in [7, 11) is 0. The molecule has 1 aliphatic heterocycles. The normalized spacial score (nSPS) is 15.1. The highest BCUT2D eigenvalue weighted by Crippen LogP contribution is 2.35. The molecule has 0 amide bonds. The molecule has 0 saturated carbocycles. The Labute approximate surface area is 174 Å². The van der Waals surface area contributed by atoms with Crippen LogP contribution in [0.25, 0.3) is 27.7 Å². The van der Waals surface area contributed by atoms with E-state index in [0.29, 0.717) is 16.4 Å². The van der Waals surface area contributed by atoms with Gasteiger partial charge >= 0.3 is 0 Å². The number of benzene rings is 3. The van der Waals surface area contributed by atoms with E-state index in [1.165, 1.54) is 0 Å². The molecule has 1 aromatic heterocycles. The van der Waals surface area contributed by atoms with Gasteiger partial charge in [0.2, 0.25) is 0 Å². The van der Waals surface area contributed by atoms with Crippen molar-refractivity contribution >= 4 is 22.4 Å². The second kappa shape index (κ2) is 7.62. The van der Waals surface area contributed by atoms with Crippen molar-refractivity contribution in [1.82, 2.24) is 15.1 Å². The molecular formula is C24H21ClFN3. The molecule has 4 aromatic rings. The van der Waals surface area contributed by atoms with E-state index in [9.17, 15) is 0 Å². The standard InChI is InChI=1S/C24H21ClFN3/c25-20-6-3-7-21(15-20)29-24(19-9-8-16-4-1-2-5-18(16)14-19)22(26)23(28-29)17-10-12-27-13-11-17/h1-9,14-15,17,27H,10-13H2. The van der Waals surface area contributed by atoms with E-state index in [-0.39, 0.29) is 11.7 Å². The molecule has 0 radical (unpaired) electrons. The van der Waals surface area contributed by atoms with E-state index in [1.807, 2.05) is 60.7 Å². The molecule has 0 bridgehead atoms.